The lowest BCUT2D eigenvalue weighted by Gasteiger charge is -2.12. The zero-order chi connectivity index (χ0) is 26.2. The summed E-state index contributed by atoms with van der Waals surface area (Å²) in [6, 6.07) is 20.4. The second kappa shape index (κ2) is 12.0. The highest BCUT2D eigenvalue weighted by Crippen LogP contribution is 2.30. The molecule has 0 unspecified atom stereocenters. The molecule has 1 amide bonds. The summed E-state index contributed by atoms with van der Waals surface area (Å²) in [7, 11) is 0. The fourth-order valence-corrected chi connectivity index (χ4v) is 3.81. The van der Waals surface area contributed by atoms with Gasteiger partial charge in [-0.3, -0.25) is 9.59 Å². The van der Waals surface area contributed by atoms with Crippen LogP contribution < -0.4 is 14.8 Å². The monoisotopic (exact) mass is 501 g/mol. The Morgan fingerprint density at radius 2 is 1.59 bits per heavy atom. The van der Waals surface area contributed by atoms with E-state index in [4.69, 9.17) is 9.47 Å². The van der Waals surface area contributed by atoms with Gasteiger partial charge in [-0.05, 0) is 68.4 Å². The molecule has 0 aliphatic rings. The van der Waals surface area contributed by atoms with Crippen LogP contribution in [0.15, 0.2) is 79.0 Å². The van der Waals surface area contributed by atoms with Gasteiger partial charge < -0.3 is 14.8 Å². The number of carbonyl (C=O) groups excluding carboxylic acids is 2. The third-order valence-corrected chi connectivity index (χ3v) is 5.57. The fourth-order valence-electron chi connectivity index (χ4n) is 3.81. The molecule has 3 aromatic carbocycles. The molecule has 0 fully saturated rings. The number of aromatic nitrogens is 2. The molecule has 8 heteroatoms. The summed E-state index contributed by atoms with van der Waals surface area (Å²) in [6.45, 7) is 4.65. The standard InChI is InChI=1S/C29H28FN3O4/c1-3-36-26-16-12-21(18-27(26)37-4-2)25(34)15-17-28(35)31-24-19-33(23-8-6-5-7-9-23)32-29(24)20-10-13-22(30)14-11-20/h5-14,16,18-19H,3-4,15,17H2,1-2H3,(H,31,35). The van der Waals surface area contributed by atoms with Crippen LogP contribution in [0, 0.1) is 5.82 Å². The third-order valence-electron chi connectivity index (χ3n) is 5.57. The van der Waals surface area contributed by atoms with E-state index in [1.54, 1.807) is 41.2 Å². The Morgan fingerprint density at radius 3 is 2.30 bits per heavy atom. The lowest BCUT2D eigenvalue weighted by molar-refractivity contribution is -0.116. The summed E-state index contributed by atoms with van der Waals surface area (Å²) >= 11 is 0. The Kier molecular flexibility index (Phi) is 8.30. The van der Waals surface area contributed by atoms with Gasteiger partial charge in [0.1, 0.15) is 11.5 Å². The number of hydrogen-bond donors (Lipinski definition) is 1. The summed E-state index contributed by atoms with van der Waals surface area (Å²) in [5, 5.41) is 7.48. The van der Waals surface area contributed by atoms with Gasteiger partial charge in [0.2, 0.25) is 5.91 Å². The Bertz CT molecular complexity index is 1370. The first-order valence-corrected chi connectivity index (χ1v) is 12.1. The number of ketones is 1. The maximum atomic E-state index is 13.5. The number of benzene rings is 3. The van der Waals surface area contributed by atoms with Crippen LogP contribution in [-0.2, 0) is 4.79 Å². The van der Waals surface area contributed by atoms with Crippen LogP contribution in [0.5, 0.6) is 11.5 Å². The Morgan fingerprint density at radius 1 is 0.892 bits per heavy atom. The molecule has 4 rings (SSSR count). The number of nitrogens with one attached hydrogen (secondary N) is 1. The van der Waals surface area contributed by atoms with Crippen molar-refractivity contribution in [2.75, 3.05) is 18.5 Å². The number of hydrogen-bond acceptors (Lipinski definition) is 5. The highest BCUT2D eigenvalue weighted by Gasteiger charge is 2.17. The van der Waals surface area contributed by atoms with Crippen LogP contribution in [0.3, 0.4) is 0 Å². The average molecular weight is 502 g/mol. The molecule has 0 saturated heterocycles. The topological polar surface area (TPSA) is 82.5 Å². The number of carbonyl (C=O) groups is 2. The van der Waals surface area contributed by atoms with E-state index in [9.17, 15) is 14.0 Å². The summed E-state index contributed by atoms with van der Waals surface area (Å²) in [6.07, 6.45) is 1.70. The number of Topliss-reactive ketones (excluding diaryl/α,β-unsaturated/α-hetero) is 1. The van der Waals surface area contributed by atoms with Gasteiger partial charge in [0.25, 0.3) is 0 Å². The average Bonchev–Trinajstić information content (AvgIpc) is 3.33. The van der Waals surface area contributed by atoms with Crippen LogP contribution in [0.2, 0.25) is 0 Å². The zero-order valence-corrected chi connectivity index (χ0v) is 20.7. The second-order valence-electron chi connectivity index (χ2n) is 8.18. The van der Waals surface area contributed by atoms with Crippen molar-refractivity contribution in [3.05, 3.63) is 90.4 Å². The Hall–Kier alpha value is -4.46. The maximum absolute atomic E-state index is 13.5. The van der Waals surface area contributed by atoms with E-state index in [0.29, 0.717) is 47.2 Å². The number of anilines is 1. The lowest BCUT2D eigenvalue weighted by Crippen LogP contribution is -2.14. The van der Waals surface area contributed by atoms with Gasteiger partial charge >= 0.3 is 0 Å². The predicted octanol–water partition coefficient (Wildman–Crippen LogP) is 6.08. The molecule has 4 aromatic rings. The predicted molar refractivity (Wildman–Crippen MR) is 140 cm³/mol. The van der Waals surface area contributed by atoms with Crippen LogP contribution in [0.1, 0.15) is 37.0 Å². The molecule has 0 aliphatic carbocycles. The number of nitrogens with zero attached hydrogens (tertiary/aromatic N) is 2. The minimum atomic E-state index is -0.364. The van der Waals surface area contributed by atoms with Crippen LogP contribution in [-0.4, -0.2) is 34.7 Å². The van der Waals surface area contributed by atoms with Gasteiger partial charge in [0.15, 0.2) is 17.3 Å². The van der Waals surface area contributed by atoms with Crippen molar-refractivity contribution in [1.82, 2.24) is 9.78 Å². The number of amides is 1. The van der Waals surface area contributed by atoms with Gasteiger partial charge in [-0.1, -0.05) is 18.2 Å². The lowest BCUT2D eigenvalue weighted by atomic mass is 10.1. The first-order chi connectivity index (χ1) is 18.0. The highest BCUT2D eigenvalue weighted by atomic mass is 19.1. The molecule has 1 N–H and O–H groups in total. The summed E-state index contributed by atoms with van der Waals surface area (Å²) in [4.78, 5) is 25.6. The first kappa shape index (κ1) is 25.6. The second-order valence-corrected chi connectivity index (χ2v) is 8.18. The molecular weight excluding hydrogens is 473 g/mol. The van der Waals surface area contributed by atoms with Crippen molar-refractivity contribution in [3.8, 4) is 28.4 Å². The molecule has 1 heterocycles. The van der Waals surface area contributed by atoms with Crippen molar-refractivity contribution in [2.45, 2.75) is 26.7 Å². The number of halogens is 1. The van der Waals surface area contributed by atoms with E-state index in [0.717, 1.165) is 5.69 Å². The van der Waals surface area contributed by atoms with E-state index in [2.05, 4.69) is 10.4 Å². The molecule has 0 radical (unpaired) electrons. The van der Waals surface area contributed by atoms with Gasteiger partial charge in [-0.25, -0.2) is 9.07 Å². The zero-order valence-electron chi connectivity index (χ0n) is 20.7. The van der Waals surface area contributed by atoms with E-state index >= 15 is 0 Å². The number of rotatable bonds is 11. The number of para-hydroxylation sites is 1. The molecule has 0 atom stereocenters. The molecule has 0 aliphatic heterocycles. The van der Waals surface area contributed by atoms with Crippen LogP contribution >= 0.6 is 0 Å². The summed E-state index contributed by atoms with van der Waals surface area (Å²) in [5.41, 5.74) is 2.87. The van der Waals surface area contributed by atoms with E-state index < -0.39 is 0 Å². The van der Waals surface area contributed by atoms with Crippen molar-refractivity contribution in [1.29, 1.82) is 0 Å². The van der Waals surface area contributed by atoms with E-state index in [-0.39, 0.29) is 30.3 Å². The van der Waals surface area contributed by atoms with Crippen molar-refractivity contribution in [2.24, 2.45) is 0 Å². The Labute approximate surface area is 214 Å². The van der Waals surface area contributed by atoms with Crippen molar-refractivity contribution in [3.63, 3.8) is 0 Å². The Balaban J connectivity index is 1.49. The third kappa shape index (κ3) is 6.41. The summed E-state index contributed by atoms with van der Waals surface area (Å²) < 4.78 is 26.3. The van der Waals surface area contributed by atoms with E-state index in [1.165, 1.54) is 12.1 Å². The molecule has 0 saturated carbocycles. The molecule has 0 spiro atoms. The molecule has 190 valence electrons. The minimum absolute atomic E-state index is 0.0179. The van der Waals surface area contributed by atoms with Gasteiger partial charge in [-0.15, -0.1) is 0 Å². The molecule has 0 bridgehead atoms. The van der Waals surface area contributed by atoms with Crippen LogP contribution in [0.4, 0.5) is 10.1 Å². The maximum Gasteiger partial charge on any atom is 0.224 e. The normalized spacial score (nSPS) is 10.7. The molecule has 1 aromatic heterocycles. The minimum Gasteiger partial charge on any atom is -0.490 e. The molecule has 37 heavy (non-hydrogen) atoms. The largest absolute Gasteiger partial charge is 0.490 e. The van der Waals surface area contributed by atoms with Gasteiger partial charge in [0, 0.05) is 24.0 Å². The van der Waals surface area contributed by atoms with E-state index in [1.807, 2.05) is 44.2 Å². The van der Waals surface area contributed by atoms with Crippen molar-refractivity contribution >= 4 is 17.4 Å². The summed E-state index contributed by atoms with van der Waals surface area (Å²) in [5.74, 6) is 0.189. The highest BCUT2D eigenvalue weighted by molar-refractivity contribution is 6.01. The SMILES string of the molecule is CCOc1ccc(C(=O)CCC(=O)Nc2cn(-c3ccccc3)nc2-c2ccc(F)cc2)cc1OCC. The smallest absolute Gasteiger partial charge is 0.224 e. The number of ether oxygens (including phenoxy) is 2. The first-order valence-electron chi connectivity index (χ1n) is 12.1. The van der Waals surface area contributed by atoms with Crippen molar-refractivity contribution < 1.29 is 23.5 Å². The van der Waals surface area contributed by atoms with Gasteiger partial charge in [0.05, 0.1) is 30.8 Å². The quantitative estimate of drug-likeness (QED) is 0.252. The molecular formula is C29H28FN3O4. The fraction of sp³-hybridized carbons (Fsp3) is 0.207. The molecule has 7 nitrogen and oxygen atoms in total. The van der Waals surface area contributed by atoms with Gasteiger partial charge in [-0.2, -0.15) is 5.10 Å². The van der Waals surface area contributed by atoms with Crippen LogP contribution in [0.25, 0.3) is 16.9 Å².